The van der Waals surface area contributed by atoms with E-state index in [0.717, 1.165) is 17.0 Å². The van der Waals surface area contributed by atoms with Crippen LogP contribution in [0.4, 0.5) is 0 Å². The zero-order valence-electron chi connectivity index (χ0n) is 14.5. The maximum Gasteiger partial charge on any atom is 0.303 e. The number of carbonyl (C=O) groups is 2. The number of carboxylic acids is 1. The lowest BCUT2D eigenvalue weighted by atomic mass is 9.95. The van der Waals surface area contributed by atoms with Crippen LogP contribution in [0.3, 0.4) is 0 Å². The molecule has 0 bridgehead atoms. The maximum atomic E-state index is 12.7. The van der Waals surface area contributed by atoms with Crippen molar-refractivity contribution in [3.05, 3.63) is 23.0 Å². The summed E-state index contributed by atoms with van der Waals surface area (Å²) in [5.41, 5.74) is 2.95. The van der Waals surface area contributed by atoms with Crippen LogP contribution >= 0.6 is 0 Å². The van der Waals surface area contributed by atoms with Gasteiger partial charge in [-0.15, -0.1) is 0 Å². The molecule has 1 aromatic rings. The van der Waals surface area contributed by atoms with Gasteiger partial charge in [0.2, 0.25) is 0 Å². The third-order valence-corrected chi connectivity index (χ3v) is 4.89. The van der Waals surface area contributed by atoms with Crippen LogP contribution in [0.25, 0.3) is 0 Å². The lowest BCUT2D eigenvalue weighted by Crippen LogP contribution is -2.28. The summed E-state index contributed by atoms with van der Waals surface area (Å²) in [5.74, 6) is -0.827. The van der Waals surface area contributed by atoms with Gasteiger partial charge < -0.3 is 14.6 Å². The second kappa shape index (κ2) is 7.66. The highest BCUT2D eigenvalue weighted by Gasteiger charge is 2.23. The Hall–Kier alpha value is -1.78. The monoisotopic (exact) mass is 320 g/mol. The molecule has 1 aliphatic carbocycles. The molecule has 1 amide bonds. The van der Waals surface area contributed by atoms with E-state index in [9.17, 15) is 9.59 Å². The number of aliphatic carboxylic acids is 1. The van der Waals surface area contributed by atoms with Crippen molar-refractivity contribution in [2.24, 2.45) is 0 Å². The Morgan fingerprint density at radius 1 is 1.26 bits per heavy atom. The average molecular weight is 320 g/mol. The highest BCUT2D eigenvalue weighted by Crippen LogP contribution is 2.32. The number of hydrogen-bond acceptors (Lipinski definition) is 2. The summed E-state index contributed by atoms with van der Waals surface area (Å²) in [4.78, 5) is 24.9. The molecule has 1 N–H and O–H groups in total. The van der Waals surface area contributed by atoms with Crippen LogP contribution in [0.1, 0.15) is 72.7 Å². The van der Waals surface area contributed by atoms with Crippen molar-refractivity contribution in [3.8, 4) is 0 Å². The first kappa shape index (κ1) is 17.6. The molecule has 128 valence electrons. The van der Waals surface area contributed by atoms with E-state index in [0.29, 0.717) is 19.0 Å². The van der Waals surface area contributed by atoms with Crippen LogP contribution < -0.4 is 0 Å². The van der Waals surface area contributed by atoms with Crippen molar-refractivity contribution >= 4 is 11.9 Å². The molecule has 5 nitrogen and oxygen atoms in total. The SMILES string of the molecule is Cc1cc(C(=O)N(C)CCCC(=O)O)c(C)n1C1CCCCC1. The van der Waals surface area contributed by atoms with Gasteiger partial charge in [0.05, 0.1) is 5.56 Å². The van der Waals surface area contributed by atoms with E-state index in [1.807, 2.05) is 13.0 Å². The number of carbonyl (C=O) groups excluding carboxylic acids is 1. The Bertz CT molecular complexity index is 571. The molecule has 2 rings (SSSR count). The first-order chi connectivity index (χ1) is 10.9. The van der Waals surface area contributed by atoms with E-state index in [4.69, 9.17) is 5.11 Å². The Morgan fingerprint density at radius 3 is 2.52 bits per heavy atom. The van der Waals surface area contributed by atoms with Gasteiger partial charge in [-0.1, -0.05) is 19.3 Å². The van der Waals surface area contributed by atoms with Crippen LogP contribution in [-0.2, 0) is 4.79 Å². The van der Waals surface area contributed by atoms with Crippen LogP contribution in [-0.4, -0.2) is 40.0 Å². The molecule has 1 saturated carbocycles. The van der Waals surface area contributed by atoms with Crippen molar-refractivity contribution in [1.29, 1.82) is 0 Å². The minimum atomic E-state index is -0.818. The molecule has 0 unspecified atom stereocenters. The van der Waals surface area contributed by atoms with Crippen LogP contribution in [0.15, 0.2) is 6.07 Å². The minimum absolute atomic E-state index is 0.00875. The number of hydrogen-bond donors (Lipinski definition) is 1. The second-order valence-electron chi connectivity index (χ2n) is 6.67. The number of amides is 1. The fourth-order valence-corrected chi connectivity index (χ4v) is 3.67. The highest BCUT2D eigenvalue weighted by molar-refractivity contribution is 5.95. The van der Waals surface area contributed by atoms with Crippen molar-refractivity contribution in [2.75, 3.05) is 13.6 Å². The molecular formula is C18H28N2O3. The van der Waals surface area contributed by atoms with E-state index in [1.165, 1.54) is 32.1 Å². The van der Waals surface area contributed by atoms with Crippen molar-refractivity contribution in [1.82, 2.24) is 9.47 Å². The quantitative estimate of drug-likeness (QED) is 0.872. The van der Waals surface area contributed by atoms with Gasteiger partial charge in [0.1, 0.15) is 0 Å². The summed E-state index contributed by atoms with van der Waals surface area (Å²) < 4.78 is 2.33. The average Bonchev–Trinajstić information content (AvgIpc) is 2.81. The van der Waals surface area contributed by atoms with Crippen LogP contribution in [0, 0.1) is 13.8 Å². The molecule has 0 aromatic carbocycles. The molecular weight excluding hydrogens is 292 g/mol. The zero-order chi connectivity index (χ0) is 17.0. The number of rotatable bonds is 6. The Morgan fingerprint density at radius 2 is 1.91 bits per heavy atom. The molecule has 0 radical (unpaired) electrons. The summed E-state index contributed by atoms with van der Waals surface area (Å²) in [6.45, 7) is 4.57. The van der Waals surface area contributed by atoms with Gasteiger partial charge in [-0.05, 0) is 39.2 Å². The summed E-state index contributed by atoms with van der Waals surface area (Å²) in [6, 6.07) is 2.50. The fourth-order valence-electron chi connectivity index (χ4n) is 3.67. The summed E-state index contributed by atoms with van der Waals surface area (Å²) >= 11 is 0. The molecule has 0 saturated heterocycles. The molecule has 1 aromatic heterocycles. The van der Waals surface area contributed by atoms with Crippen molar-refractivity contribution in [3.63, 3.8) is 0 Å². The normalized spacial score (nSPS) is 15.6. The van der Waals surface area contributed by atoms with E-state index in [1.54, 1.807) is 11.9 Å². The maximum absolute atomic E-state index is 12.7. The standard InChI is InChI=1S/C18H28N2O3/c1-13-12-16(18(23)19(3)11-7-10-17(21)22)14(2)20(13)15-8-5-4-6-9-15/h12,15H,4-11H2,1-3H3,(H,21,22). The second-order valence-corrected chi connectivity index (χ2v) is 6.67. The minimum Gasteiger partial charge on any atom is -0.481 e. The molecule has 1 heterocycles. The van der Waals surface area contributed by atoms with Crippen LogP contribution in [0.5, 0.6) is 0 Å². The number of nitrogens with zero attached hydrogens (tertiary/aromatic N) is 2. The topological polar surface area (TPSA) is 62.5 Å². The lowest BCUT2D eigenvalue weighted by molar-refractivity contribution is -0.137. The van der Waals surface area contributed by atoms with Gasteiger partial charge in [-0.3, -0.25) is 9.59 Å². The zero-order valence-corrected chi connectivity index (χ0v) is 14.5. The van der Waals surface area contributed by atoms with Gasteiger partial charge in [0, 0.05) is 37.4 Å². The highest BCUT2D eigenvalue weighted by atomic mass is 16.4. The third-order valence-electron chi connectivity index (χ3n) is 4.89. The summed E-state index contributed by atoms with van der Waals surface area (Å²) in [5, 5.41) is 8.70. The molecule has 1 fully saturated rings. The van der Waals surface area contributed by atoms with Gasteiger partial charge >= 0.3 is 5.97 Å². The molecule has 0 atom stereocenters. The Kier molecular flexibility index (Phi) is 5.85. The smallest absolute Gasteiger partial charge is 0.303 e. The fraction of sp³-hybridized carbons (Fsp3) is 0.667. The van der Waals surface area contributed by atoms with Gasteiger partial charge in [0.25, 0.3) is 5.91 Å². The summed E-state index contributed by atoms with van der Waals surface area (Å²) in [6.07, 6.45) is 6.81. The van der Waals surface area contributed by atoms with E-state index in [-0.39, 0.29) is 12.3 Å². The molecule has 0 spiro atoms. The van der Waals surface area contributed by atoms with Gasteiger partial charge in [-0.2, -0.15) is 0 Å². The van der Waals surface area contributed by atoms with E-state index < -0.39 is 5.97 Å². The molecule has 5 heteroatoms. The van der Waals surface area contributed by atoms with Crippen LogP contribution in [0.2, 0.25) is 0 Å². The third kappa shape index (κ3) is 4.15. The van der Waals surface area contributed by atoms with Gasteiger partial charge in [-0.25, -0.2) is 0 Å². The number of carboxylic acid groups (broad SMARTS) is 1. The predicted octanol–water partition coefficient (Wildman–Crippen LogP) is 3.55. The predicted molar refractivity (Wildman–Crippen MR) is 89.9 cm³/mol. The van der Waals surface area contributed by atoms with E-state index in [2.05, 4.69) is 11.5 Å². The number of aryl methyl sites for hydroxylation is 1. The molecule has 1 aliphatic rings. The van der Waals surface area contributed by atoms with Gasteiger partial charge in [0.15, 0.2) is 0 Å². The molecule has 23 heavy (non-hydrogen) atoms. The molecule has 0 aliphatic heterocycles. The number of aromatic nitrogens is 1. The largest absolute Gasteiger partial charge is 0.481 e. The Labute approximate surface area is 138 Å². The first-order valence-electron chi connectivity index (χ1n) is 8.57. The summed E-state index contributed by atoms with van der Waals surface area (Å²) in [7, 11) is 1.75. The lowest BCUT2D eigenvalue weighted by Gasteiger charge is -2.26. The first-order valence-corrected chi connectivity index (χ1v) is 8.57. The Balaban J connectivity index is 2.10. The van der Waals surface area contributed by atoms with Crippen molar-refractivity contribution < 1.29 is 14.7 Å². The van der Waals surface area contributed by atoms with E-state index >= 15 is 0 Å². The van der Waals surface area contributed by atoms with Crippen molar-refractivity contribution in [2.45, 2.75) is 64.8 Å².